The maximum atomic E-state index is 6.02. The van der Waals surface area contributed by atoms with Gasteiger partial charge in [0.15, 0.2) is 5.96 Å². The minimum absolute atomic E-state index is 0.323. The first-order valence-corrected chi connectivity index (χ1v) is 8.55. The minimum atomic E-state index is 0.323. The van der Waals surface area contributed by atoms with Crippen molar-refractivity contribution >= 4 is 5.96 Å². The number of hydrogen-bond acceptors (Lipinski definition) is 3. The van der Waals surface area contributed by atoms with Gasteiger partial charge in [0.05, 0.1) is 19.3 Å². The Morgan fingerprint density at radius 3 is 2.65 bits per heavy atom. The van der Waals surface area contributed by atoms with Crippen LogP contribution >= 0.6 is 0 Å². The quantitative estimate of drug-likeness (QED) is 0.620. The molecule has 5 nitrogen and oxygen atoms in total. The van der Waals surface area contributed by atoms with E-state index in [1.54, 1.807) is 0 Å². The van der Waals surface area contributed by atoms with Crippen LogP contribution in [-0.2, 0) is 22.6 Å². The molecule has 1 saturated heterocycles. The van der Waals surface area contributed by atoms with Gasteiger partial charge in [-0.3, -0.25) is 0 Å². The van der Waals surface area contributed by atoms with Crippen molar-refractivity contribution in [2.24, 2.45) is 10.7 Å². The largest absolute Gasteiger partial charge is 0.381 e. The van der Waals surface area contributed by atoms with Crippen LogP contribution in [0, 0.1) is 0 Å². The second kappa shape index (κ2) is 9.53. The van der Waals surface area contributed by atoms with E-state index in [2.05, 4.69) is 48.0 Å². The molecule has 0 saturated carbocycles. The van der Waals surface area contributed by atoms with Crippen molar-refractivity contribution in [3.05, 3.63) is 35.4 Å². The molecule has 0 spiro atoms. The van der Waals surface area contributed by atoms with E-state index in [0.717, 1.165) is 44.7 Å². The van der Waals surface area contributed by atoms with E-state index >= 15 is 0 Å². The summed E-state index contributed by atoms with van der Waals surface area (Å²) in [7, 11) is 0. The first-order valence-electron chi connectivity index (χ1n) is 8.55. The van der Waals surface area contributed by atoms with Crippen LogP contribution < -0.4 is 5.73 Å². The van der Waals surface area contributed by atoms with Gasteiger partial charge in [-0.1, -0.05) is 24.3 Å². The van der Waals surface area contributed by atoms with Crippen molar-refractivity contribution in [3.8, 4) is 0 Å². The van der Waals surface area contributed by atoms with Crippen LogP contribution in [0.1, 0.15) is 37.8 Å². The van der Waals surface area contributed by atoms with Crippen LogP contribution in [-0.4, -0.2) is 43.3 Å². The number of guanidine groups is 1. The molecule has 0 aliphatic carbocycles. The Balaban J connectivity index is 1.87. The van der Waals surface area contributed by atoms with Gasteiger partial charge in [0, 0.05) is 26.3 Å². The Hall–Kier alpha value is -1.59. The molecule has 1 heterocycles. The van der Waals surface area contributed by atoms with E-state index in [1.807, 2.05) is 0 Å². The van der Waals surface area contributed by atoms with Gasteiger partial charge < -0.3 is 20.1 Å². The predicted octanol–water partition coefficient (Wildman–Crippen LogP) is 2.54. The molecule has 2 rings (SSSR count). The highest BCUT2D eigenvalue weighted by atomic mass is 16.5. The molecule has 2 N–H and O–H groups in total. The van der Waals surface area contributed by atoms with Crippen LogP contribution in [0.25, 0.3) is 0 Å². The minimum Gasteiger partial charge on any atom is -0.381 e. The molecule has 0 bridgehead atoms. The SMILES string of the molecule is CCN(CC)C(N)=NCc1cccc(COC2CCOCC2)c1. The zero-order chi connectivity index (χ0) is 16.5. The number of ether oxygens (including phenoxy) is 2. The van der Waals surface area contributed by atoms with Gasteiger partial charge >= 0.3 is 0 Å². The summed E-state index contributed by atoms with van der Waals surface area (Å²) in [5, 5.41) is 0. The van der Waals surface area contributed by atoms with Crippen molar-refractivity contribution in [1.29, 1.82) is 0 Å². The standard InChI is InChI=1S/C18H29N3O2/c1-3-21(4-2)18(19)20-13-15-6-5-7-16(12-15)14-23-17-8-10-22-11-9-17/h5-7,12,17H,3-4,8-11,13-14H2,1-2H3,(H2,19,20). The summed E-state index contributed by atoms with van der Waals surface area (Å²) in [6.45, 7) is 8.80. The third-order valence-corrected chi connectivity index (χ3v) is 4.16. The number of nitrogens with zero attached hydrogens (tertiary/aromatic N) is 2. The molecule has 1 aromatic carbocycles. The van der Waals surface area contributed by atoms with E-state index in [1.165, 1.54) is 5.56 Å². The summed E-state index contributed by atoms with van der Waals surface area (Å²) in [5.41, 5.74) is 8.37. The summed E-state index contributed by atoms with van der Waals surface area (Å²) in [5.74, 6) is 0.610. The molecule has 0 aromatic heterocycles. The molecule has 1 aliphatic rings. The lowest BCUT2D eigenvalue weighted by atomic mass is 10.1. The Labute approximate surface area is 139 Å². The number of rotatable bonds is 7. The average molecular weight is 319 g/mol. The van der Waals surface area contributed by atoms with Gasteiger partial charge in [-0.05, 0) is 37.8 Å². The van der Waals surface area contributed by atoms with E-state index in [4.69, 9.17) is 15.2 Å². The molecule has 0 atom stereocenters. The summed E-state index contributed by atoms with van der Waals surface area (Å²) in [6.07, 6.45) is 2.30. The Bertz CT molecular complexity index is 495. The first kappa shape index (κ1) is 17.8. The van der Waals surface area contributed by atoms with Crippen LogP contribution in [0.5, 0.6) is 0 Å². The zero-order valence-corrected chi connectivity index (χ0v) is 14.3. The Morgan fingerprint density at radius 1 is 1.26 bits per heavy atom. The smallest absolute Gasteiger partial charge is 0.191 e. The Kier molecular flexibility index (Phi) is 7.36. The topological polar surface area (TPSA) is 60.1 Å². The second-order valence-electron chi connectivity index (χ2n) is 5.79. The van der Waals surface area contributed by atoms with E-state index < -0.39 is 0 Å². The number of aliphatic imine (C=N–C) groups is 1. The summed E-state index contributed by atoms with van der Waals surface area (Å²) in [4.78, 5) is 6.54. The van der Waals surface area contributed by atoms with Crippen LogP contribution in [0.3, 0.4) is 0 Å². The molecular weight excluding hydrogens is 290 g/mol. The van der Waals surface area contributed by atoms with Crippen molar-refractivity contribution in [1.82, 2.24) is 4.90 Å². The molecular formula is C18H29N3O2. The van der Waals surface area contributed by atoms with Gasteiger partial charge in [0.25, 0.3) is 0 Å². The monoisotopic (exact) mass is 319 g/mol. The summed E-state index contributed by atoms with van der Waals surface area (Å²) < 4.78 is 11.3. The second-order valence-corrected chi connectivity index (χ2v) is 5.79. The van der Waals surface area contributed by atoms with E-state index in [-0.39, 0.29) is 0 Å². The molecule has 1 fully saturated rings. The highest BCUT2D eigenvalue weighted by Gasteiger charge is 2.14. The van der Waals surface area contributed by atoms with E-state index in [9.17, 15) is 0 Å². The predicted molar refractivity (Wildman–Crippen MR) is 93.3 cm³/mol. The zero-order valence-electron chi connectivity index (χ0n) is 14.3. The fourth-order valence-electron chi connectivity index (χ4n) is 2.69. The van der Waals surface area contributed by atoms with Gasteiger partial charge in [0.1, 0.15) is 0 Å². The average Bonchev–Trinajstić information content (AvgIpc) is 2.60. The fourth-order valence-corrected chi connectivity index (χ4v) is 2.69. The number of nitrogens with two attached hydrogens (primary N) is 1. The lowest BCUT2D eigenvalue weighted by Gasteiger charge is -2.22. The molecule has 1 aliphatic heterocycles. The molecule has 1 aromatic rings. The van der Waals surface area contributed by atoms with Crippen molar-refractivity contribution < 1.29 is 9.47 Å². The van der Waals surface area contributed by atoms with Gasteiger partial charge in [-0.2, -0.15) is 0 Å². The lowest BCUT2D eigenvalue weighted by molar-refractivity contribution is -0.0390. The molecule has 5 heteroatoms. The molecule has 128 valence electrons. The fraction of sp³-hybridized carbons (Fsp3) is 0.611. The Morgan fingerprint density at radius 2 is 1.96 bits per heavy atom. The number of benzene rings is 1. The third kappa shape index (κ3) is 5.84. The normalized spacial score (nSPS) is 16.5. The van der Waals surface area contributed by atoms with Crippen molar-refractivity contribution in [2.75, 3.05) is 26.3 Å². The highest BCUT2D eigenvalue weighted by molar-refractivity contribution is 5.77. The van der Waals surface area contributed by atoms with Crippen LogP contribution in [0.15, 0.2) is 29.3 Å². The van der Waals surface area contributed by atoms with Crippen LogP contribution in [0.4, 0.5) is 0 Å². The third-order valence-electron chi connectivity index (χ3n) is 4.16. The molecule has 23 heavy (non-hydrogen) atoms. The van der Waals surface area contributed by atoms with Crippen molar-refractivity contribution in [3.63, 3.8) is 0 Å². The first-order chi connectivity index (χ1) is 11.2. The maximum absolute atomic E-state index is 6.02. The maximum Gasteiger partial charge on any atom is 0.191 e. The summed E-state index contributed by atoms with van der Waals surface area (Å²) in [6, 6.07) is 8.39. The van der Waals surface area contributed by atoms with E-state index in [0.29, 0.717) is 25.2 Å². The summed E-state index contributed by atoms with van der Waals surface area (Å²) >= 11 is 0. The molecule has 0 radical (unpaired) electrons. The molecule has 0 unspecified atom stereocenters. The van der Waals surface area contributed by atoms with Gasteiger partial charge in [-0.25, -0.2) is 4.99 Å². The van der Waals surface area contributed by atoms with Gasteiger partial charge in [-0.15, -0.1) is 0 Å². The van der Waals surface area contributed by atoms with Crippen LogP contribution in [0.2, 0.25) is 0 Å². The molecule has 0 amide bonds. The van der Waals surface area contributed by atoms with Crippen molar-refractivity contribution in [2.45, 2.75) is 45.9 Å². The number of hydrogen-bond donors (Lipinski definition) is 1. The highest BCUT2D eigenvalue weighted by Crippen LogP contribution is 2.14. The van der Waals surface area contributed by atoms with Gasteiger partial charge in [0.2, 0.25) is 0 Å². The lowest BCUT2D eigenvalue weighted by Crippen LogP contribution is -2.37.